The molecular formula is C22H28N2O4S. The lowest BCUT2D eigenvalue weighted by molar-refractivity contribution is -0.129. The van der Waals surface area contributed by atoms with Crippen molar-refractivity contribution in [2.45, 2.75) is 44.7 Å². The van der Waals surface area contributed by atoms with Gasteiger partial charge in [-0.1, -0.05) is 58.0 Å². The zero-order chi connectivity index (χ0) is 21.2. The molecular weight excluding hydrogens is 388 g/mol. The van der Waals surface area contributed by atoms with Gasteiger partial charge in [-0.05, 0) is 36.1 Å². The number of carbonyl (C=O) groups is 1. The molecule has 156 valence electrons. The van der Waals surface area contributed by atoms with Gasteiger partial charge in [-0.3, -0.25) is 9.10 Å². The lowest BCUT2D eigenvalue weighted by Gasteiger charge is -2.36. The predicted octanol–water partition coefficient (Wildman–Crippen LogP) is 3.44. The van der Waals surface area contributed by atoms with Crippen LogP contribution in [-0.4, -0.2) is 33.0 Å². The maximum atomic E-state index is 13.3. The quantitative estimate of drug-likeness (QED) is 0.783. The molecule has 0 unspecified atom stereocenters. The fourth-order valence-electron chi connectivity index (χ4n) is 3.65. The van der Waals surface area contributed by atoms with Crippen LogP contribution in [0, 0.1) is 11.8 Å². The molecule has 2 aromatic carbocycles. The third-order valence-electron chi connectivity index (χ3n) is 5.10. The summed E-state index contributed by atoms with van der Waals surface area (Å²) in [4.78, 5) is 13.2. The van der Waals surface area contributed by atoms with Gasteiger partial charge in [0, 0.05) is 6.04 Å². The van der Waals surface area contributed by atoms with Crippen molar-refractivity contribution in [3.63, 3.8) is 0 Å². The number of para-hydroxylation sites is 2. The molecule has 1 atom stereocenters. The zero-order valence-corrected chi connectivity index (χ0v) is 18.0. The summed E-state index contributed by atoms with van der Waals surface area (Å²) in [6, 6.07) is 15.1. The number of benzene rings is 2. The van der Waals surface area contributed by atoms with Crippen molar-refractivity contribution in [3.05, 3.63) is 54.6 Å². The maximum absolute atomic E-state index is 13.3. The van der Waals surface area contributed by atoms with E-state index in [-0.39, 0.29) is 35.2 Å². The number of sulfonamides is 1. The molecule has 0 saturated carbocycles. The van der Waals surface area contributed by atoms with Crippen LogP contribution < -0.4 is 14.4 Å². The van der Waals surface area contributed by atoms with Crippen molar-refractivity contribution in [3.8, 4) is 5.75 Å². The maximum Gasteiger partial charge on any atom is 0.264 e. The molecule has 1 aliphatic heterocycles. The van der Waals surface area contributed by atoms with E-state index in [1.165, 1.54) is 4.31 Å². The van der Waals surface area contributed by atoms with Crippen molar-refractivity contribution < 1.29 is 17.9 Å². The molecule has 1 aliphatic rings. The third-order valence-corrected chi connectivity index (χ3v) is 6.90. The lowest BCUT2D eigenvalue weighted by Crippen LogP contribution is -2.54. The Morgan fingerprint density at radius 3 is 2.21 bits per heavy atom. The van der Waals surface area contributed by atoms with Crippen molar-refractivity contribution in [1.82, 2.24) is 5.32 Å². The molecule has 0 fully saturated rings. The van der Waals surface area contributed by atoms with Crippen LogP contribution in [0.2, 0.25) is 0 Å². The summed E-state index contributed by atoms with van der Waals surface area (Å²) < 4.78 is 33.8. The molecule has 29 heavy (non-hydrogen) atoms. The normalized spacial score (nSPS) is 16.7. The third kappa shape index (κ3) is 4.40. The first kappa shape index (κ1) is 21.2. The van der Waals surface area contributed by atoms with Gasteiger partial charge in [0.1, 0.15) is 5.75 Å². The SMILES string of the molecule is CC(C)C(NC(=O)[C@H]1CN(S(=O)(=O)c2ccccc2)c2ccccc2O1)C(C)C. The second kappa shape index (κ2) is 8.45. The van der Waals surface area contributed by atoms with Crippen molar-refractivity contribution in [2.75, 3.05) is 10.8 Å². The van der Waals surface area contributed by atoms with E-state index in [0.717, 1.165) is 0 Å². The van der Waals surface area contributed by atoms with Crippen molar-refractivity contribution in [1.29, 1.82) is 0 Å². The number of hydrogen-bond donors (Lipinski definition) is 1. The molecule has 1 amide bonds. The number of hydrogen-bond acceptors (Lipinski definition) is 4. The first-order valence-electron chi connectivity index (χ1n) is 9.85. The zero-order valence-electron chi connectivity index (χ0n) is 17.2. The Labute approximate surface area is 172 Å². The number of carbonyl (C=O) groups excluding carboxylic acids is 1. The summed E-state index contributed by atoms with van der Waals surface area (Å²) >= 11 is 0. The Bertz CT molecular complexity index is 950. The van der Waals surface area contributed by atoms with Crippen LogP contribution in [0.5, 0.6) is 5.75 Å². The van der Waals surface area contributed by atoms with Crippen LogP contribution in [0.15, 0.2) is 59.5 Å². The Morgan fingerprint density at radius 2 is 1.59 bits per heavy atom. The summed E-state index contributed by atoms with van der Waals surface area (Å²) in [6.07, 6.45) is -0.927. The first-order valence-corrected chi connectivity index (χ1v) is 11.3. The fourth-order valence-corrected chi connectivity index (χ4v) is 5.14. The van der Waals surface area contributed by atoms with Crippen LogP contribution in [0.4, 0.5) is 5.69 Å². The second-order valence-electron chi connectivity index (χ2n) is 7.95. The highest BCUT2D eigenvalue weighted by Gasteiger charge is 2.38. The van der Waals surface area contributed by atoms with Crippen LogP contribution in [0.3, 0.4) is 0 Å². The van der Waals surface area contributed by atoms with E-state index >= 15 is 0 Å². The summed E-state index contributed by atoms with van der Waals surface area (Å²) in [5, 5.41) is 3.04. The molecule has 7 heteroatoms. The molecule has 2 aromatic rings. The molecule has 0 saturated heterocycles. The van der Waals surface area contributed by atoms with Gasteiger partial charge in [-0.15, -0.1) is 0 Å². The number of anilines is 1. The number of nitrogens with zero attached hydrogens (tertiary/aromatic N) is 1. The highest BCUT2D eigenvalue weighted by Crippen LogP contribution is 2.36. The molecule has 0 radical (unpaired) electrons. The Kier molecular flexibility index (Phi) is 6.17. The summed E-state index contributed by atoms with van der Waals surface area (Å²) in [7, 11) is -3.83. The minimum Gasteiger partial charge on any atom is -0.476 e. The minimum absolute atomic E-state index is 0.0255. The summed E-state index contributed by atoms with van der Waals surface area (Å²) in [6.45, 7) is 8.12. The molecule has 6 nitrogen and oxygen atoms in total. The molecule has 0 spiro atoms. The number of fused-ring (bicyclic) bond motifs is 1. The Hall–Kier alpha value is -2.54. The number of amides is 1. The average molecular weight is 417 g/mol. The van der Waals surface area contributed by atoms with Gasteiger partial charge in [0.25, 0.3) is 15.9 Å². The van der Waals surface area contributed by atoms with Crippen molar-refractivity contribution in [2.24, 2.45) is 11.8 Å². The molecule has 1 heterocycles. The van der Waals surface area contributed by atoms with Crippen LogP contribution in [0.1, 0.15) is 27.7 Å². The predicted molar refractivity (Wildman–Crippen MR) is 113 cm³/mol. The van der Waals surface area contributed by atoms with Gasteiger partial charge in [0.15, 0.2) is 6.10 Å². The highest BCUT2D eigenvalue weighted by atomic mass is 32.2. The summed E-state index contributed by atoms with van der Waals surface area (Å²) in [5.74, 6) is 0.571. The van der Waals surface area contributed by atoms with E-state index in [0.29, 0.717) is 11.4 Å². The minimum atomic E-state index is -3.83. The van der Waals surface area contributed by atoms with E-state index < -0.39 is 16.1 Å². The topological polar surface area (TPSA) is 75.7 Å². The smallest absolute Gasteiger partial charge is 0.264 e. The molecule has 0 aliphatic carbocycles. The number of nitrogens with one attached hydrogen (secondary N) is 1. The van der Waals surface area contributed by atoms with Gasteiger partial charge >= 0.3 is 0 Å². The van der Waals surface area contributed by atoms with Gasteiger partial charge < -0.3 is 10.1 Å². The molecule has 0 bridgehead atoms. The fraction of sp³-hybridized carbons (Fsp3) is 0.409. The van der Waals surface area contributed by atoms with E-state index in [1.807, 2.05) is 27.7 Å². The lowest BCUT2D eigenvalue weighted by atomic mass is 9.93. The van der Waals surface area contributed by atoms with Crippen LogP contribution in [-0.2, 0) is 14.8 Å². The van der Waals surface area contributed by atoms with Gasteiger partial charge in [0.05, 0.1) is 17.1 Å². The van der Waals surface area contributed by atoms with Crippen molar-refractivity contribution >= 4 is 21.6 Å². The van der Waals surface area contributed by atoms with E-state index in [2.05, 4.69) is 5.32 Å². The largest absolute Gasteiger partial charge is 0.476 e. The monoisotopic (exact) mass is 416 g/mol. The second-order valence-corrected chi connectivity index (χ2v) is 9.81. The van der Waals surface area contributed by atoms with Gasteiger partial charge in [0.2, 0.25) is 0 Å². The van der Waals surface area contributed by atoms with Crippen LogP contribution in [0.25, 0.3) is 0 Å². The van der Waals surface area contributed by atoms with Gasteiger partial charge in [-0.25, -0.2) is 8.42 Å². The summed E-state index contributed by atoms with van der Waals surface area (Å²) in [5.41, 5.74) is 0.435. The van der Waals surface area contributed by atoms with Gasteiger partial charge in [-0.2, -0.15) is 0 Å². The molecule has 1 N–H and O–H groups in total. The highest BCUT2D eigenvalue weighted by molar-refractivity contribution is 7.92. The van der Waals surface area contributed by atoms with Crippen LogP contribution >= 0.6 is 0 Å². The number of rotatable bonds is 6. The Morgan fingerprint density at radius 1 is 1.00 bits per heavy atom. The average Bonchev–Trinajstić information content (AvgIpc) is 2.71. The first-order chi connectivity index (χ1) is 13.7. The molecule has 3 rings (SSSR count). The number of ether oxygens (including phenoxy) is 1. The van der Waals surface area contributed by atoms with E-state index in [9.17, 15) is 13.2 Å². The Balaban J connectivity index is 1.94. The standard InChI is InChI=1S/C22H28N2O4S/c1-15(2)21(16(3)4)23-22(25)20-14-24(18-12-8-9-13-19(18)28-20)29(26,27)17-10-6-5-7-11-17/h5-13,15-16,20-21H,14H2,1-4H3,(H,23,25)/t20-/m1/s1. The van der Waals surface area contributed by atoms with E-state index in [1.54, 1.807) is 54.6 Å². The molecule has 0 aromatic heterocycles. The van der Waals surface area contributed by atoms with E-state index in [4.69, 9.17) is 4.74 Å².